The van der Waals surface area contributed by atoms with Gasteiger partial charge in [-0.15, -0.1) is 11.3 Å². The summed E-state index contributed by atoms with van der Waals surface area (Å²) in [5, 5.41) is 4.46. The number of esters is 1. The zero-order valence-corrected chi connectivity index (χ0v) is 10.9. The molecule has 6 nitrogen and oxygen atoms in total. The first kappa shape index (κ1) is 13.0. The van der Waals surface area contributed by atoms with Gasteiger partial charge in [-0.25, -0.2) is 9.78 Å². The molecule has 0 aliphatic rings. The van der Waals surface area contributed by atoms with Crippen molar-refractivity contribution >= 4 is 34.0 Å². The van der Waals surface area contributed by atoms with Gasteiger partial charge in [0, 0.05) is 5.38 Å². The van der Waals surface area contributed by atoms with Crippen LogP contribution in [0.1, 0.15) is 20.8 Å². The van der Waals surface area contributed by atoms with Gasteiger partial charge >= 0.3 is 5.97 Å². The Balaban J connectivity index is 2.24. The fourth-order valence-electron chi connectivity index (χ4n) is 1.46. The van der Waals surface area contributed by atoms with Crippen LogP contribution in [-0.2, 0) is 4.74 Å². The van der Waals surface area contributed by atoms with Crippen LogP contribution in [0.2, 0.25) is 0 Å². The molecule has 1 aromatic carbocycles. The van der Waals surface area contributed by atoms with Crippen molar-refractivity contribution in [3.63, 3.8) is 0 Å². The first-order valence-corrected chi connectivity index (χ1v) is 6.19. The van der Waals surface area contributed by atoms with E-state index in [2.05, 4.69) is 15.0 Å². The molecule has 19 heavy (non-hydrogen) atoms. The Morgan fingerprint density at radius 1 is 1.37 bits per heavy atom. The van der Waals surface area contributed by atoms with E-state index in [1.807, 2.05) is 0 Å². The number of nitrogen functional groups attached to an aromatic ring is 1. The van der Waals surface area contributed by atoms with E-state index < -0.39 is 11.9 Å². The van der Waals surface area contributed by atoms with Gasteiger partial charge in [-0.1, -0.05) is 12.1 Å². The highest BCUT2D eigenvalue weighted by molar-refractivity contribution is 7.13. The molecule has 0 aliphatic heterocycles. The molecule has 98 valence electrons. The number of nitrogens with two attached hydrogens (primary N) is 1. The molecule has 1 aromatic heterocycles. The number of methoxy groups -OCH3 is 1. The van der Waals surface area contributed by atoms with Gasteiger partial charge in [0.1, 0.15) is 5.69 Å². The van der Waals surface area contributed by atoms with Crippen LogP contribution in [0.3, 0.4) is 0 Å². The Bertz CT molecular complexity index is 624. The lowest BCUT2D eigenvalue weighted by molar-refractivity contribution is 0.0602. The maximum absolute atomic E-state index is 11.9. The van der Waals surface area contributed by atoms with Crippen LogP contribution in [0, 0.1) is 0 Å². The van der Waals surface area contributed by atoms with Crippen molar-refractivity contribution in [1.29, 1.82) is 0 Å². The largest absolute Gasteiger partial charge is 0.465 e. The summed E-state index contributed by atoms with van der Waals surface area (Å²) in [6.07, 6.45) is 0. The summed E-state index contributed by atoms with van der Waals surface area (Å²) in [6, 6.07) is 6.57. The highest BCUT2D eigenvalue weighted by atomic mass is 32.1. The van der Waals surface area contributed by atoms with Crippen molar-refractivity contribution in [2.24, 2.45) is 0 Å². The normalized spacial score (nSPS) is 9.95. The molecule has 1 amide bonds. The van der Waals surface area contributed by atoms with Gasteiger partial charge in [0.05, 0.1) is 18.4 Å². The molecule has 3 N–H and O–H groups in total. The van der Waals surface area contributed by atoms with Gasteiger partial charge in [0.2, 0.25) is 0 Å². The zero-order valence-electron chi connectivity index (χ0n) is 10.0. The van der Waals surface area contributed by atoms with E-state index in [0.29, 0.717) is 10.8 Å². The number of amides is 1. The minimum absolute atomic E-state index is 0.210. The molecule has 2 aromatic rings. The molecule has 0 spiro atoms. The molecule has 1 heterocycles. The summed E-state index contributed by atoms with van der Waals surface area (Å²) >= 11 is 1.17. The fraction of sp³-hybridized carbons (Fsp3) is 0.0833. The second-order valence-electron chi connectivity index (χ2n) is 3.56. The Morgan fingerprint density at radius 3 is 2.74 bits per heavy atom. The van der Waals surface area contributed by atoms with Gasteiger partial charge in [0.15, 0.2) is 5.13 Å². The fourth-order valence-corrected chi connectivity index (χ4v) is 2.00. The Labute approximate surface area is 113 Å². The number of thiazole rings is 1. The predicted molar refractivity (Wildman–Crippen MR) is 72.3 cm³/mol. The monoisotopic (exact) mass is 277 g/mol. The summed E-state index contributed by atoms with van der Waals surface area (Å²) in [5.74, 6) is -0.946. The average Bonchev–Trinajstić information content (AvgIpc) is 2.85. The van der Waals surface area contributed by atoms with Gasteiger partial charge in [0.25, 0.3) is 5.91 Å². The molecule has 2 rings (SSSR count). The molecule has 0 saturated heterocycles. The van der Waals surface area contributed by atoms with E-state index in [1.54, 1.807) is 29.6 Å². The van der Waals surface area contributed by atoms with Crippen LogP contribution >= 0.6 is 11.3 Å². The number of nitrogens with one attached hydrogen (secondary N) is 1. The van der Waals surface area contributed by atoms with Gasteiger partial charge in [-0.3, -0.25) is 4.79 Å². The second kappa shape index (κ2) is 5.49. The molecule has 0 fully saturated rings. The number of anilines is 2. The van der Waals surface area contributed by atoms with Crippen molar-refractivity contribution in [2.75, 3.05) is 18.2 Å². The number of hydrogen-bond donors (Lipinski definition) is 2. The lowest BCUT2D eigenvalue weighted by Gasteiger charge is -2.08. The standard InChI is InChI=1S/C12H11N3O3S/c1-18-11(17)7-4-2-3-5-8(7)14-10(16)9-6-19-12(13)15-9/h2-6H,1H3,(H2,13,15)(H,14,16). The minimum atomic E-state index is -0.520. The summed E-state index contributed by atoms with van der Waals surface area (Å²) < 4.78 is 4.64. The highest BCUT2D eigenvalue weighted by Crippen LogP contribution is 2.18. The topological polar surface area (TPSA) is 94.3 Å². The van der Waals surface area contributed by atoms with Crippen molar-refractivity contribution < 1.29 is 14.3 Å². The second-order valence-corrected chi connectivity index (χ2v) is 4.45. The van der Waals surface area contributed by atoms with Crippen molar-refractivity contribution in [1.82, 2.24) is 4.98 Å². The van der Waals surface area contributed by atoms with Crippen LogP contribution in [0.15, 0.2) is 29.6 Å². The maximum atomic E-state index is 11.9. The number of nitrogens with zero attached hydrogens (tertiary/aromatic N) is 1. The first-order chi connectivity index (χ1) is 9.11. The molecule has 0 atom stereocenters. The highest BCUT2D eigenvalue weighted by Gasteiger charge is 2.15. The van der Waals surface area contributed by atoms with E-state index in [-0.39, 0.29) is 11.3 Å². The molecule has 0 saturated carbocycles. The van der Waals surface area contributed by atoms with Crippen LogP contribution in [0.25, 0.3) is 0 Å². The Morgan fingerprint density at radius 2 is 2.11 bits per heavy atom. The molecule has 0 bridgehead atoms. The predicted octanol–water partition coefficient (Wildman–Crippen LogP) is 1.76. The number of carbonyl (C=O) groups is 2. The van der Waals surface area contributed by atoms with Crippen LogP contribution in [0.4, 0.5) is 10.8 Å². The summed E-state index contributed by atoms with van der Waals surface area (Å²) in [6.45, 7) is 0. The number of carbonyl (C=O) groups excluding carboxylic acids is 2. The van der Waals surface area contributed by atoms with E-state index in [1.165, 1.54) is 18.4 Å². The number of aromatic nitrogens is 1. The lowest BCUT2D eigenvalue weighted by atomic mass is 10.2. The van der Waals surface area contributed by atoms with E-state index in [9.17, 15) is 9.59 Å². The molecule has 0 radical (unpaired) electrons. The number of para-hydroxylation sites is 1. The van der Waals surface area contributed by atoms with Crippen LogP contribution in [0.5, 0.6) is 0 Å². The summed E-state index contributed by atoms with van der Waals surface area (Å²) in [4.78, 5) is 27.3. The van der Waals surface area contributed by atoms with Gasteiger partial charge in [-0.05, 0) is 12.1 Å². The summed E-state index contributed by atoms with van der Waals surface area (Å²) in [7, 11) is 1.28. The van der Waals surface area contributed by atoms with Gasteiger partial charge in [-0.2, -0.15) is 0 Å². The molecule has 7 heteroatoms. The number of rotatable bonds is 3. The van der Waals surface area contributed by atoms with E-state index in [0.717, 1.165) is 0 Å². The zero-order chi connectivity index (χ0) is 13.8. The number of benzene rings is 1. The smallest absolute Gasteiger partial charge is 0.339 e. The average molecular weight is 277 g/mol. The van der Waals surface area contributed by atoms with Crippen LogP contribution in [-0.4, -0.2) is 24.0 Å². The van der Waals surface area contributed by atoms with Crippen molar-refractivity contribution in [2.45, 2.75) is 0 Å². The third-order valence-corrected chi connectivity index (χ3v) is 3.01. The van der Waals surface area contributed by atoms with Crippen molar-refractivity contribution in [3.05, 3.63) is 40.9 Å². The molecule has 0 aliphatic carbocycles. The third-order valence-electron chi connectivity index (χ3n) is 2.34. The van der Waals surface area contributed by atoms with Gasteiger partial charge < -0.3 is 15.8 Å². The third kappa shape index (κ3) is 2.89. The number of ether oxygens (including phenoxy) is 1. The van der Waals surface area contributed by atoms with E-state index >= 15 is 0 Å². The minimum Gasteiger partial charge on any atom is -0.465 e. The lowest BCUT2D eigenvalue weighted by Crippen LogP contribution is -2.15. The maximum Gasteiger partial charge on any atom is 0.339 e. The Hall–Kier alpha value is -2.41. The first-order valence-electron chi connectivity index (χ1n) is 5.31. The summed E-state index contributed by atoms with van der Waals surface area (Å²) in [5.41, 5.74) is 6.32. The molecular formula is C12H11N3O3S. The quantitative estimate of drug-likeness (QED) is 0.834. The van der Waals surface area contributed by atoms with Crippen LogP contribution < -0.4 is 11.1 Å². The van der Waals surface area contributed by atoms with E-state index in [4.69, 9.17) is 5.73 Å². The SMILES string of the molecule is COC(=O)c1ccccc1NC(=O)c1csc(N)n1. The number of hydrogen-bond acceptors (Lipinski definition) is 6. The molecule has 0 unspecified atom stereocenters. The Kier molecular flexibility index (Phi) is 3.76. The molecular weight excluding hydrogens is 266 g/mol. The van der Waals surface area contributed by atoms with Crippen molar-refractivity contribution in [3.8, 4) is 0 Å².